The lowest BCUT2D eigenvalue weighted by Gasteiger charge is -1.80. The molecule has 0 aliphatic rings. The first kappa shape index (κ1) is 4.89. The number of aromatic nitrogens is 2. The Bertz CT molecular complexity index is 212. The SMILES string of the molecule is COc1no[nH]c1=O. The van der Waals surface area contributed by atoms with Crippen LogP contribution in [-0.4, -0.2) is 17.4 Å². The molecule has 1 N–H and O–H groups in total. The maximum absolute atomic E-state index is 10.3. The molecular formula is C3H4N2O3. The highest BCUT2D eigenvalue weighted by Crippen LogP contribution is 1.88. The number of nitrogens with zero attached hydrogens (tertiary/aromatic N) is 1. The zero-order valence-electron chi connectivity index (χ0n) is 4.17. The number of methoxy groups -OCH3 is 1. The predicted octanol–water partition coefficient (Wildman–Crippen LogP) is -0.629. The van der Waals surface area contributed by atoms with Gasteiger partial charge in [-0.3, -0.25) is 9.42 Å². The Balaban J connectivity index is 3.11. The number of nitrogens with one attached hydrogen (secondary N) is 1. The number of hydrogen-bond donors (Lipinski definition) is 1. The van der Waals surface area contributed by atoms with E-state index in [-0.39, 0.29) is 5.88 Å². The molecule has 1 rings (SSSR count). The van der Waals surface area contributed by atoms with E-state index in [0.717, 1.165) is 0 Å². The molecule has 5 heteroatoms. The minimum Gasteiger partial charge on any atom is -0.475 e. The molecule has 44 valence electrons. The van der Waals surface area contributed by atoms with E-state index in [1.165, 1.54) is 7.11 Å². The Hall–Kier alpha value is -1.26. The minimum absolute atomic E-state index is 0.0509. The van der Waals surface area contributed by atoms with E-state index in [1.807, 2.05) is 5.16 Å². The second kappa shape index (κ2) is 1.69. The first-order chi connectivity index (χ1) is 3.84. The van der Waals surface area contributed by atoms with E-state index in [1.54, 1.807) is 0 Å². The molecule has 0 radical (unpaired) electrons. The fraction of sp³-hybridized carbons (Fsp3) is 0.333. The van der Waals surface area contributed by atoms with Crippen LogP contribution in [0, 0.1) is 0 Å². The van der Waals surface area contributed by atoms with E-state index in [2.05, 4.69) is 14.5 Å². The molecule has 0 atom stereocenters. The second-order valence-corrected chi connectivity index (χ2v) is 1.12. The number of H-pyrrole nitrogens is 1. The smallest absolute Gasteiger partial charge is 0.344 e. The van der Waals surface area contributed by atoms with E-state index >= 15 is 0 Å². The van der Waals surface area contributed by atoms with Crippen molar-refractivity contribution in [1.82, 2.24) is 10.3 Å². The summed E-state index contributed by atoms with van der Waals surface area (Å²) in [6.07, 6.45) is 0. The van der Waals surface area contributed by atoms with Gasteiger partial charge in [0, 0.05) is 0 Å². The van der Waals surface area contributed by atoms with Crippen LogP contribution >= 0.6 is 0 Å². The first-order valence-electron chi connectivity index (χ1n) is 1.93. The molecule has 8 heavy (non-hydrogen) atoms. The fourth-order valence-corrected chi connectivity index (χ4v) is 0.321. The van der Waals surface area contributed by atoms with Crippen LogP contribution in [0.15, 0.2) is 9.42 Å². The number of rotatable bonds is 1. The maximum Gasteiger partial charge on any atom is 0.344 e. The third kappa shape index (κ3) is 0.575. The Morgan fingerprint density at radius 3 is 2.88 bits per heavy atom. The van der Waals surface area contributed by atoms with Gasteiger partial charge in [-0.2, -0.15) is 5.16 Å². The van der Waals surface area contributed by atoms with Crippen molar-refractivity contribution in [3.8, 4) is 5.88 Å². The van der Waals surface area contributed by atoms with Gasteiger partial charge >= 0.3 is 11.4 Å². The summed E-state index contributed by atoms with van der Waals surface area (Å²) in [5.41, 5.74) is -0.451. The van der Waals surface area contributed by atoms with Crippen molar-refractivity contribution in [2.45, 2.75) is 0 Å². The van der Waals surface area contributed by atoms with Crippen LogP contribution < -0.4 is 10.3 Å². The summed E-state index contributed by atoms with van der Waals surface area (Å²) in [5, 5.41) is 5.12. The van der Waals surface area contributed by atoms with Crippen LogP contribution in [0.3, 0.4) is 0 Å². The summed E-state index contributed by atoms with van der Waals surface area (Å²) in [5.74, 6) is -0.0509. The summed E-state index contributed by atoms with van der Waals surface area (Å²) in [4.78, 5) is 10.3. The van der Waals surface area contributed by atoms with E-state index in [4.69, 9.17) is 0 Å². The van der Waals surface area contributed by atoms with Gasteiger partial charge in [0.05, 0.1) is 7.11 Å². The van der Waals surface area contributed by atoms with Gasteiger partial charge in [0.15, 0.2) is 0 Å². The van der Waals surface area contributed by atoms with Crippen molar-refractivity contribution in [3.05, 3.63) is 10.4 Å². The maximum atomic E-state index is 10.3. The third-order valence-electron chi connectivity index (χ3n) is 0.654. The van der Waals surface area contributed by atoms with Crippen LogP contribution in [0.1, 0.15) is 0 Å². The Morgan fingerprint density at radius 2 is 2.62 bits per heavy atom. The Kier molecular flexibility index (Phi) is 1.03. The second-order valence-electron chi connectivity index (χ2n) is 1.12. The van der Waals surface area contributed by atoms with Gasteiger partial charge in [0.2, 0.25) is 0 Å². The van der Waals surface area contributed by atoms with Crippen molar-refractivity contribution >= 4 is 0 Å². The monoisotopic (exact) mass is 116 g/mol. The Labute approximate surface area is 44.2 Å². The zero-order chi connectivity index (χ0) is 5.98. The van der Waals surface area contributed by atoms with Gasteiger partial charge in [-0.25, -0.2) is 0 Å². The van der Waals surface area contributed by atoms with Crippen LogP contribution in [-0.2, 0) is 0 Å². The highest BCUT2D eigenvalue weighted by atomic mass is 16.6. The highest BCUT2D eigenvalue weighted by molar-refractivity contribution is 4.96. The molecule has 0 aromatic carbocycles. The van der Waals surface area contributed by atoms with Crippen molar-refractivity contribution in [1.29, 1.82) is 0 Å². The summed E-state index contributed by atoms with van der Waals surface area (Å²) in [7, 11) is 1.34. The molecule has 0 fully saturated rings. The van der Waals surface area contributed by atoms with E-state index in [9.17, 15) is 4.79 Å². The number of aromatic amines is 1. The molecule has 0 aliphatic carbocycles. The topological polar surface area (TPSA) is 68.1 Å². The molecule has 1 aromatic heterocycles. The molecule has 0 amide bonds. The fourth-order valence-electron chi connectivity index (χ4n) is 0.321. The van der Waals surface area contributed by atoms with Crippen molar-refractivity contribution < 1.29 is 9.37 Å². The van der Waals surface area contributed by atoms with Crippen LogP contribution in [0.5, 0.6) is 5.88 Å². The zero-order valence-corrected chi connectivity index (χ0v) is 4.17. The number of hydrogen-bond acceptors (Lipinski definition) is 4. The van der Waals surface area contributed by atoms with Gasteiger partial charge in [-0.15, -0.1) is 0 Å². The summed E-state index contributed by atoms with van der Waals surface area (Å²) < 4.78 is 8.56. The lowest BCUT2D eigenvalue weighted by atomic mass is 10.8. The van der Waals surface area contributed by atoms with Gasteiger partial charge in [-0.1, -0.05) is 0 Å². The van der Waals surface area contributed by atoms with Crippen molar-refractivity contribution in [3.63, 3.8) is 0 Å². The minimum atomic E-state index is -0.451. The number of ether oxygens (including phenoxy) is 1. The molecule has 5 nitrogen and oxygen atoms in total. The molecule has 0 saturated heterocycles. The van der Waals surface area contributed by atoms with Crippen LogP contribution in [0.25, 0.3) is 0 Å². The molecule has 0 unspecified atom stereocenters. The van der Waals surface area contributed by atoms with Crippen LogP contribution in [0.4, 0.5) is 0 Å². The molecule has 0 aliphatic heterocycles. The normalized spacial score (nSPS) is 9.12. The molecule has 1 heterocycles. The predicted molar refractivity (Wildman–Crippen MR) is 23.7 cm³/mol. The molecular weight excluding hydrogens is 112 g/mol. The van der Waals surface area contributed by atoms with Gasteiger partial charge in [-0.05, 0) is 5.16 Å². The average Bonchev–Trinajstić information content (AvgIpc) is 2.14. The van der Waals surface area contributed by atoms with Gasteiger partial charge in [0.25, 0.3) is 0 Å². The standard InChI is InChI=1S/C3H4N2O3/c1-7-3-2(6)4-8-5-3/h1H3,(H,4,6). The summed E-state index contributed by atoms with van der Waals surface area (Å²) in [6.45, 7) is 0. The molecule has 0 bridgehead atoms. The largest absolute Gasteiger partial charge is 0.475 e. The van der Waals surface area contributed by atoms with Crippen molar-refractivity contribution in [2.75, 3.05) is 7.11 Å². The quantitative estimate of drug-likeness (QED) is 0.530. The molecule has 0 saturated carbocycles. The van der Waals surface area contributed by atoms with E-state index < -0.39 is 5.56 Å². The summed E-state index contributed by atoms with van der Waals surface area (Å²) >= 11 is 0. The first-order valence-corrected chi connectivity index (χ1v) is 1.93. The third-order valence-corrected chi connectivity index (χ3v) is 0.654. The van der Waals surface area contributed by atoms with Crippen LogP contribution in [0.2, 0.25) is 0 Å². The van der Waals surface area contributed by atoms with E-state index in [0.29, 0.717) is 0 Å². The summed E-state index contributed by atoms with van der Waals surface area (Å²) in [6, 6.07) is 0. The lowest BCUT2D eigenvalue weighted by molar-refractivity contribution is 0.281. The van der Waals surface area contributed by atoms with Gasteiger partial charge in [0.1, 0.15) is 0 Å². The molecule has 0 spiro atoms. The average molecular weight is 116 g/mol. The lowest BCUT2D eigenvalue weighted by Crippen LogP contribution is -2.01. The van der Waals surface area contributed by atoms with Crippen molar-refractivity contribution in [2.24, 2.45) is 0 Å². The molecule has 1 aromatic rings. The van der Waals surface area contributed by atoms with Gasteiger partial charge < -0.3 is 4.74 Å². The highest BCUT2D eigenvalue weighted by Gasteiger charge is 1.99. The Morgan fingerprint density at radius 1 is 1.88 bits per heavy atom.